The van der Waals surface area contributed by atoms with E-state index in [4.69, 9.17) is 15.7 Å². The Morgan fingerprint density at radius 1 is 1.19 bits per heavy atom. The smallest absolute Gasteiger partial charge is 0.142 e. The van der Waals surface area contributed by atoms with Crippen molar-refractivity contribution >= 4 is 5.84 Å². The van der Waals surface area contributed by atoms with E-state index in [0.717, 1.165) is 52.0 Å². The molecule has 2 rings (SSSR count). The van der Waals surface area contributed by atoms with Gasteiger partial charge in [-0.1, -0.05) is 5.16 Å². The predicted octanol–water partition coefficient (Wildman–Crippen LogP) is 0.624. The first kappa shape index (κ1) is 11.7. The van der Waals surface area contributed by atoms with Gasteiger partial charge in [0.15, 0.2) is 0 Å². The Labute approximate surface area is 96.2 Å². The van der Waals surface area contributed by atoms with Crippen molar-refractivity contribution in [3.63, 3.8) is 0 Å². The molecule has 5 nitrogen and oxygen atoms in total. The monoisotopic (exact) mass is 227 g/mol. The molecule has 0 radical (unpaired) electrons. The number of hydrogen-bond donors (Lipinski definition) is 2. The first-order chi connectivity index (χ1) is 7.81. The minimum Gasteiger partial charge on any atom is -0.409 e. The van der Waals surface area contributed by atoms with Crippen molar-refractivity contribution in [2.75, 3.05) is 26.3 Å². The number of hydrogen-bond acceptors (Lipinski definition) is 4. The molecule has 0 unspecified atom stereocenters. The molecule has 0 amide bonds. The van der Waals surface area contributed by atoms with Crippen LogP contribution in [0.4, 0.5) is 0 Å². The Kier molecular flexibility index (Phi) is 4.01. The third-order valence-electron chi connectivity index (χ3n) is 3.77. The number of nitrogens with zero attached hydrogens (tertiary/aromatic N) is 2. The van der Waals surface area contributed by atoms with E-state index < -0.39 is 0 Å². The summed E-state index contributed by atoms with van der Waals surface area (Å²) in [4.78, 5) is 2.53. The van der Waals surface area contributed by atoms with Crippen molar-refractivity contribution in [3.05, 3.63) is 0 Å². The van der Waals surface area contributed by atoms with E-state index in [-0.39, 0.29) is 5.92 Å². The minimum atomic E-state index is 0.265. The summed E-state index contributed by atoms with van der Waals surface area (Å²) < 4.78 is 5.37. The molecule has 5 heteroatoms. The highest BCUT2D eigenvalue weighted by Gasteiger charge is 2.27. The second-order valence-corrected chi connectivity index (χ2v) is 4.68. The van der Waals surface area contributed by atoms with Crippen LogP contribution in [-0.4, -0.2) is 48.3 Å². The third-order valence-corrected chi connectivity index (χ3v) is 3.77. The van der Waals surface area contributed by atoms with Gasteiger partial charge in [-0.3, -0.25) is 0 Å². The Morgan fingerprint density at radius 2 is 1.81 bits per heavy atom. The van der Waals surface area contributed by atoms with E-state index in [2.05, 4.69) is 10.1 Å². The highest BCUT2D eigenvalue weighted by Crippen LogP contribution is 2.23. The molecule has 3 N–H and O–H groups in total. The molecule has 2 aliphatic heterocycles. The molecule has 0 bridgehead atoms. The average Bonchev–Trinajstić information content (AvgIpc) is 2.39. The van der Waals surface area contributed by atoms with Crippen LogP contribution in [0.1, 0.15) is 25.7 Å². The van der Waals surface area contributed by atoms with Crippen molar-refractivity contribution in [1.29, 1.82) is 0 Å². The standard InChI is InChI=1S/C11H21N3O2/c12-11(13-15)9-1-5-14(6-2-9)10-3-7-16-8-4-10/h9-10,15H,1-8H2,(H2,12,13). The second kappa shape index (κ2) is 5.50. The van der Waals surface area contributed by atoms with Gasteiger partial charge in [0.1, 0.15) is 5.84 Å². The Balaban J connectivity index is 1.80. The van der Waals surface area contributed by atoms with E-state index >= 15 is 0 Å². The van der Waals surface area contributed by atoms with Gasteiger partial charge in [-0.25, -0.2) is 0 Å². The van der Waals surface area contributed by atoms with E-state index in [9.17, 15) is 0 Å². The van der Waals surface area contributed by atoms with Gasteiger partial charge >= 0.3 is 0 Å². The summed E-state index contributed by atoms with van der Waals surface area (Å²) in [6, 6.07) is 0.682. The Morgan fingerprint density at radius 3 is 2.38 bits per heavy atom. The summed E-state index contributed by atoms with van der Waals surface area (Å²) >= 11 is 0. The molecule has 0 saturated carbocycles. The van der Waals surface area contributed by atoms with Gasteiger partial charge in [0, 0.05) is 25.2 Å². The number of rotatable bonds is 2. The van der Waals surface area contributed by atoms with Gasteiger partial charge in [0.05, 0.1) is 0 Å². The van der Waals surface area contributed by atoms with Crippen LogP contribution in [0.25, 0.3) is 0 Å². The first-order valence-electron chi connectivity index (χ1n) is 6.10. The normalized spacial score (nSPS) is 27.1. The van der Waals surface area contributed by atoms with Crippen LogP contribution < -0.4 is 5.73 Å². The number of likely N-dealkylation sites (tertiary alicyclic amines) is 1. The Hall–Kier alpha value is -0.810. The van der Waals surface area contributed by atoms with Gasteiger partial charge in [0.2, 0.25) is 0 Å². The third kappa shape index (κ3) is 2.65. The van der Waals surface area contributed by atoms with Gasteiger partial charge < -0.3 is 20.6 Å². The topological polar surface area (TPSA) is 71.1 Å². The summed E-state index contributed by atoms with van der Waals surface area (Å²) in [7, 11) is 0. The summed E-state index contributed by atoms with van der Waals surface area (Å²) in [5.74, 6) is 0.660. The molecule has 2 heterocycles. The number of nitrogens with two attached hydrogens (primary N) is 1. The maximum absolute atomic E-state index is 8.63. The minimum absolute atomic E-state index is 0.265. The fraction of sp³-hybridized carbons (Fsp3) is 0.909. The average molecular weight is 227 g/mol. The van der Waals surface area contributed by atoms with Crippen molar-refractivity contribution in [3.8, 4) is 0 Å². The summed E-state index contributed by atoms with van der Waals surface area (Å²) in [5, 5.41) is 11.7. The van der Waals surface area contributed by atoms with Crippen molar-refractivity contribution in [2.24, 2.45) is 16.8 Å². The lowest BCUT2D eigenvalue weighted by Crippen LogP contribution is -2.46. The molecule has 0 aromatic rings. The SMILES string of the molecule is NC(=NO)C1CCN(C2CCOCC2)CC1. The summed E-state index contributed by atoms with van der Waals surface area (Å²) in [5.41, 5.74) is 5.63. The van der Waals surface area contributed by atoms with E-state index in [1.54, 1.807) is 0 Å². The van der Waals surface area contributed by atoms with Crippen LogP contribution >= 0.6 is 0 Å². The zero-order valence-electron chi connectivity index (χ0n) is 9.64. The largest absolute Gasteiger partial charge is 0.409 e. The van der Waals surface area contributed by atoms with Gasteiger partial charge in [-0.15, -0.1) is 0 Å². The van der Waals surface area contributed by atoms with Gasteiger partial charge in [-0.2, -0.15) is 0 Å². The molecular weight excluding hydrogens is 206 g/mol. The molecule has 0 aromatic heterocycles. The molecule has 2 saturated heterocycles. The molecule has 0 aliphatic carbocycles. The van der Waals surface area contributed by atoms with Crippen molar-refractivity contribution in [1.82, 2.24) is 4.90 Å². The molecule has 92 valence electrons. The molecule has 0 aromatic carbocycles. The van der Waals surface area contributed by atoms with Gasteiger partial charge in [-0.05, 0) is 38.8 Å². The maximum atomic E-state index is 8.63. The number of piperidine rings is 1. The fourth-order valence-electron chi connectivity index (χ4n) is 2.69. The summed E-state index contributed by atoms with van der Waals surface area (Å²) in [6.07, 6.45) is 4.31. The molecule has 2 aliphatic rings. The Bertz CT molecular complexity index is 244. The van der Waals surface area contributed by atoms with Crippen LogP contribution in [-0.2, 0) is 4.74 Å². The maximum Gasteiger partial charge on any atom is 0.142 e. The van der Waals surface area contributed by atoms with E-state index in [1.807, 2.05) is 0 Å². The van der Waals surface area contributed by atoms with Crippen LogP contribution in [0.2, 0.25) is 0 Å². The molecular formula is C11H21N3O2. The molecule has 16 heavy (non-hydrogen) atoms. The second-order valence-electron chi connectivity index (χ2n) is 4.68. The van der Waals surface area contributed by atoms with Crippen LogP contribution in [0.5, 0.6) is 0 Å². The fourth-order valence-corrected chi connectivity index (χ4v) is 2.69. The zero-order valence-corrected chi connectivity index (χ0v) is 9.64. The van der Waals surface area contributed by atoms with E-state index in [1.165, 1.54) is 0 Å². The first-order valence-corrected chi connectivity index (χ1v) is 6.10. The predicted molar refractivity (Wildman–Crippen MR) is 61.5 cm³/mol. The van der Waals surface area contributed by atoms with Crippen molar-refractivity contribution < 1.29 is 9.94 Å². The van der Waals surface area contributed by atoms with Crippen molar-refractivity contribution in [2.45, 2.75) is 31.7 Å². The highest BCUT2D eigenvalue weighted by atomic mass is 16.5. The van der Waals surface area contributed by atoms with Crippen LogP contribution in [0.15, 0.2) is 5.16 Å². The molecule has 0 atom stereocenters. The highest BCUT2D eigenvalue weighted by molar-refractivity contribution is 5.82. The van der Waals surface area contributed by atoms with Crippen LogP contribution in [0, 0.1) is 5.92 Å². The number of oxime groups is 1. The number of amidine groups is 1. The lowest BCUT2D eigenvalue weighted by Gasteiger charge is -2.38. The molecule has 2 fully saturated rings. The lowest BCUT2D eigenvalue weighted by molar-refractivity contribution is 0.0244. The quantitative estimate of drug-likeness (QED) is 0.314. The van der Waals surface area contributed by atoms with Crippen LogP contribution in [0.3, 0.4) is 0 Å². The molecule has 0 spiro atoms. The van der Waals surface area contributed by atoms with Gasteiger partial charge in [0.25, 0.3) is 0 Å². The zero-order chi connectivity index (χ0) is 11.4. The van der Waals surface area contributed by atoms with E-state index in [0.29, 0.717) is 11.9 Å². The number of ether oxygens (including phenoxy) is 1. The lowest BCUT2D eigenvalue weighted by atomic mass is 9.93. The summed E-state index contributed by atoms with van der Waals surface area (Å²) in [6.45, 7) is 3.91.